The zero-order valence-electron chi connectivity index (χ0n) is 11.8. The van der Waals surface area contributed by atoms with Gasteiger partial charge < -0.3 is 5.32 Å². The molecule has 0 fully saturated rings. The van der Waals surface area contributed by atoms with Crippen LogP contribution < -0.4 is 5.32 Å². The Labute approximate surface area is 149 Å². The van der Waals surface area contributed by atoms with Gasteiger partial charge in [-0.3, -0.25) is 4.79 Å². The second kappa shape index (κ2) is 8.11. The van der Waals surface area contributed by atoms with Crippen molar-refractivity contribution in [3.05, 3.63) is 57.5 Å². The van der Waals surface area contributed by atoms with Crippen molar-refractivity contribution in [3.63, 3.8) is 0 Å². The van der Waals surface area contributed by atoms with Gasteiger partial charge in [0.15, 0.2) is 0 Å². The standard InChI is InChI=1S/C16H14Cl3NOS/c1-2-15(22-12-6-3-10(17)4-7-12)16(21)20-14-8-5-11(18)9-13(14)19/h3-9,15H,2H2,1H3,(H,20,21)/t15-/m0/s1. The molecule has 6 heteroatoms. The summed E-state index contributed by atoms with van der Waals surface area (Å²) in [5.74, 6) is -0.0910. The molecule has 0 aromatic heterocycles. The number of amides is 1. The quantitative estimate of drug-likeness (QED) is 0.635. The normalized spacial score (nSPS) is 12.0. The molecular weight excluding hydrogens is 361 g/mol. The fourth-order valence-electron chi connectivity index (χ4n) is 1.80. The van der Waals surface area contributed by atoms with Crippen molar-refractivity contribution in [1.29, 1.82) is 0 Å². The molecule has 0 aliphatic heterocycles. The minimum absolute atomic E-state index is 0.0910. The smallest absolute Gasteiger partial charge is 0.237 e. The Morgan fingerprint density at radius 3 is 2.32 bits per heavy atom. The van der Waals surface area contributed by atoms with E-state index in [1.807, 2.05) is 31.2 Å². The van der Waals surface area contributed by atoms with E-state index in [2.05, 4.69) is 5.32 Å². The molecule has 0 saturated carbocycles. The first-order chi connectivity index (χ1) is 10.5. The third-order valence-electron chi connectivity index (χ3n) is 2.94. The summed E-state index contributed by atoms with van der Waals surface area (Å²) in [5, 5.41) is 4.26. The Kier molecular flexibility index (Phi) is 6.45. The monoisotopic (exact) mass is 373 g/mol. The number of thioether (sulfide) groups is 1. The van der Waals surface area contributed by atoms with Gasteiger partial charge >= 0.3 is 0 Å². The van der Waals surface area contributed by atoms with E-state index in [9.17, 15) is 4.79 Å². The number of anilines is 1. The van der Waals surface area contributed by atoms with Gasteiger partial charge in [-0.2, -0.15) is 0 Å². The van der Waals surface area contributed by atoms with Crippen molar-refractivity contribution in [2.45, 2.75) is 23.5 Å². The molecule has 0 radical (unpaired) electrons. The van der Waals surface area contributed by atoms with Crippen molar-refractivity contribution in [1.82, 2.24) is 0 Å². The van der Waals surface area contributed by atoms with E-state index in [0.29, 0.717) is 27.2 Å². The highest BCUT2D eigenvalue weighted by molar-refractivity contribution is 8.00. The van der Waals surface area contributed by atoms with Crippen molar-refractivity contribution in [3.8, 4) is 0 Å². The SMILES string of the molecule is CC[C@H](Sc1ccc(Cl)cc1)C(=O)Nc1ccc(Cl)cc1Cl. The van der Waals surface area contributed by atoms with E-state index in [0.717, 1.165) is 4.90 Å². The summed E-state index contributed by atoms with van der Waals surface area (Å²) >= 11 is 19.3. The molecular formula is C16H14Cl3NOS. The molecule has 0 aliphatic carbocycles. The molecule has 2 aromatic carbocycles. The Hall–Kier alpha value is -0.870. The van der Waals surface area contributed by atoms with Gasteiger partial charge in [0.05, 0.1) is 16.0 Å². The van der Waals surface area contributed by atoms with E-state index >= 15 is 0 Å². The maximum atomic E-state index is 12.4. The minimum atomic E-state index is -0.215. The molecule has 2 rings (SSSR count). The topological polar surface area (TPSA) is 29.1 Å². The van der Waals surface area contributed by atoms with Gasteiger partial charge in [0, 0.05) is 14.9 Å². The molecule has 0 aliphatic rings. The summed E-state index contributed by atoms with van der Waals surface area (Å²) in [6.45, 7) is 1.97. The van der Waals surface area contributed by atoms with Crippen molar-refractivity contribution in [2.75, 3.05) is 5.32 Å². The lowest BCUT2D eigenvalue weighted by atomic mass is 10.2. The van der Waals surface area contributed by atoms with Gasteiger partial charge in [0.2, 0.25) is 5.91 Å². The number of hydrogen-bond acceptors (Lipinski definition) is 2. The van der Waals surface area contributed by atoms with Crippen LogP contribution in [0.2, 0.25) is 15.1 Å². The van der Waals surface area contributed by atoms with Crippen LogP contribution in [0.25, 0.3) is 0 Å². The second-order valence-corrected chi connectivity index (χ2v) is 7.14. The van der Waals surface area contributed by atoms with E-state index in [4.69, 9.17) is 34.8 Å². The van der Waals surface area contributed by atoms with Crippen LogP contribution in [-0.4, -0.2) is 11.2 Å². The molecule has 2 aromatic rings. The first kappa shape index (κ1) is 17.5. The van der Waals surface area contributed by atoms with Crippen LogP contribution in [0.3, 0.4) is 0 Å². The Bertz CT molecular complexity index is 661. The molecule has 1 atom stereocenters. The highest BCUT2D eigenvalue weighted by Gasteiger charge is 2.19. The van der Waals surface area contributed by atoms with Gasteiger partial charge in [0.25, 0.3) is 0 Å². The van der Waals surface area contributed by atoms with Gasteiger partial charge in [-0.25, -0.2) is 0 Å². The molecule has 2 nitrogen and oxygen atoms in total. The molecule has 0 saturated heterocycles. The van der Waals surface area contributed by atoms with Crippen LogP contribution in [0.15, 0.2) is 47.4 Å². The molecule has 1 amide bonds. The molecule has 1 N–H and O–H groups in total. The van der Waals surface area contributed by atoms with E-state index < -0.39 is 0 Å². The largest absolute Gasteiger partial charge is 0.324 e. The van der Waals surface area contributed by atoms with Gasteiger partial charge in [-0.05, 0) is 48.9 Å². The molecule has 0 heterocycles. The van der Waals surface area contributed by atoms with Crippen LogP contribution in [0, 0.1) is 0 Å². The number of halogens is 3. The first-order valence-corrected chi connectivity index (χ1v) is 8.69. The third-order valence-corrected chi connectivity index (χ3v) is 5.12. The molecule has 0 bridgehead atoms. The number of nitrogens with one attached hydrogen (secondary N) is 1. The number of rotatable bonds is 5. The van der Waals surface area contributed by atoms with Gasteiger partial charge in [0.1, 0.15) is 0 Å². The lowest BCUT2D eigenvalue weighted by molar-refractivity contribution is -0.115. The van der Waals surface area contributed by atoms with Crippen LogP contribution in [0.4, 0.5) is 5.69 Å². The summed E-state index contributed by atoms with van der Waals surface area (Å²) in [4.78, 5) is 13.4. The highest BCUT2D eigenvalue weighted by atomic mass is 35.5. The molecule has 116 valence electrons. The summed E-state index contributed by atoms with van der Waals surface area (Å²) in [7, 11) is 0. The number of benzene rings is 2. The summed E-state index contributed by atoms with van der Waals surface area (Å²) < 4.78 is 0. The van der Waals surface area contributed by atoms with E-state index in [-0.39, 0.29) is 11.2 Å². The fraction of sp³-hybridized carbons (Fsp3) is 0.188. The second-order valence-electron chi connectivity index (χ2n) is 4.58. The lowest BCUT2D eigenvalue weighted by Gasteiger charge is -2.15. The zero-order chi connectivity index (χ0) is 16.1. The maximum Gasteiger partial charge on any atom is 0.237 e. The first-order valence-electron chi connectivity index (χ1n) is 6.67. The van der Waals surface area contributed by atoms with Crippen molar-refractivity contribution >= 4 is 58.2 Å². The van der Waals surface area contributed by atoms with Crippen LogP contribution in [0.5, 0.6) is 0 Å². The highest BCUT2D eigenvalue weighted by Crippen LogP contribution is 2.30. The Balaban J connectivity index is 2.06. The van der Waals surface area contributed by atoms with Crippen molar-refractivity contribution < 1.29 is 4.79 Å². The molecule has 0 unspecified atom stereocenters. The maximum absolute atomic E-state index is 12.4. The third kappa shape index (κ3) is 4.82. The van der Waals surface area contributed by atoms with Crippen LogP contribution in [-0.2, 0) is 4.79 Å². The minimum Gasteiger partial charge on any atom is -0.324 e. The Morgan fingerprint density at radius 1 is 1.09 bits per heavy atom. The number of hydrogen-bond donors (Lipinski definition) is 1. The Morgan fingerprint density at radius 2 is 1.73 bits per heavy atom. The number of carbonyl (C=O) groups is 1. The average Bonchev–Trinajstić information content (AvgIpc) is 2.49. The van der Waals surface area contributed by atoms with Crippen LogP contribution in [0.1, 0.15) is 13.3 Å². The predicted octanol–water partition coefficient (Wildman–Crippen LogP) is 6.16. The van der Waals surface area contributed by atoms with Crippen molar-refractivity contribution in [2.24, 2.45) is 0 Å². The van der Waals surface area contributed by atoms with Gasteiger partial charge in [-0.15, -0.1) is 11.8 Å². The van der Waals surface area contributed by atoms with Crippen LogP contribution >= 0.6 is 46.6 Å². The van der Waals surface area contributed by atoms with Gasteiger partial charge in [-0.1, -0.05) is 41.7 Å². The summed E-state index contributed by atoms with van der Waals surface area (Å²) in [6.07, 6.45) is 0.699. The zero-order valence-corrected chi connectivity index (χ0v) is 14.9. The summed E-state index contributed by atoms with van der Waals surface area (Å²) in [5.41, 5.74) is 0.561. The van der Waals surface area contributed by atoms with E-state index in [1.165, 1.54) is 11.8 Å². The van der Waals surface area contributed by atoms with E-state index in [1.54, 1.807) is 18.2 Å². The lowest BCUT2D eigenvalue weighted by Crippen LogP contribution is -2.24. The molecule has 22 heavy (non-hydrogen) atoms. The summed E-state index contributed by atoms with van der Waals surface area (Å²) in [6, 6.07) is 12.4. The average molecular weight is 375 g/mol. The fourth-order valence-corrected chi connectivity index (χ4v) is 3.34. The molecule has 0 spiro atoms. The predicted molar refractivity (Wildman–Crippen MR) is 96.5 cm³/mol. The number of carbonyl (C=O) groups excluding carboxylic acids is 1.